The molecule has 6 rings (SSSR count). The zero-order chi connectivity index (χ0) is 17.6. The minimum atomic E-state index is 0.184. The Hall–Kier alpha value is -1.49. The average molecular weight is 371 g/mol. The second kappa shape index (κ2) is 6.59. The Morgan fingerprint density at radius 1 is 1.08 bits per heavy atom. The van der Waals surface area contributed by atoms with Crippen LogP contribution in [0, 0.1) is 17.8 Å². The van der Waals surface area contributed by atoms with Crippen molar-refractivity contribution in [3.05, 3.63) is 35.7 Å². The Labute approximate surface area is 159 Å². The smallest absolute Gasteiger partial charge is 0.276 e. The van der Waals surface area contributed by atoms with Gasteiger partial charge in [-0.15, -0.1) is 10.2 Å². The van der Waals surface area contributed by atoms with Gasteiger partial charge in [0.05, 0.1) is 6.61 Å². The quantitative estimate of drug-likeness (QED) is 0.652. The fourth-order valence-electron chi connectivity index (χ4n) is 5.91. The first-order valence-corrected chi connectivity index (χ1v) is 10.9. The molecule has 4 saturated carbocycles. The van der Waals surface area contributed by atoms with Crippen LogP contribution in [0.4, 0.5) is 0 Å². The molecule has 1 aromatic heterocycles. The molecule has 4 nitrogen and oxygen atoms in total. The summed E-state index contributed by atoms with van der Waals surface area (Å²) in [5.74, 6) is 5.33. The lowest BCUT2D eigenvalue weighted by Crippen LogP contribution is -2.48. The topological polar surface area (TPSA) is 48.2 Å². The van der Waals surface area contributed by atoms with E-state index < -0.39 is 0 Å². The summed E-state index contributed by atoms with van der Waals surface area (Å²) in [4.78, 5) is 0. The Balaban J connectivity index is 1.31. The highest BCUT2D eigenvalue weighted by Gasteiger charge is 2.54. The number of aromatic nitrogens is 2. The molecule has 1 aromatic carbocycles. The third-order valence-electron chi connectivity index (χ3n) is 6.52. The largest absolute Gasteiger partial charge is 0.494 e. The van der Waals surface area contributed by atoms with E-state index in [1.807, 2.05) is 25.1 Å². The second-order valence-electron chi connectivity index (χ2n) is 8.40. The highest BCUT2D eigenvalue weighted by molar-refractivity contribution is 7.98. The zero-order valence-corrected chi connectivity index (χ0v) is 16.1. The number of rotatable bonds is 6. The summed E-state index contributed by atoms with van der Waals surface area (Å²) in [6.07, 6.45) is 8.09. The Morgan fingerprint density at radius 2 is 1.77 bits per heavy atom. The van der Waals surface area contributed by atoms with Crippen LogP contribution >= 0.6 is 11.8 Å². The monoisotopic (exact) mass is 370 g/mol. The molecule has 0 N–H and O–H groups in total. The van der Waals surface area contributed by atoms with E-state index in [4.69, 9.17) is 9.15 Å². The molecule has 4 aliphatic carbocycles. The molecule has 0 atom stereocenters. The van der Waals surface area contributed by atoms with Gasteiger partial charge in [-0.05, 0) is 69.3 Å². The number of thioether (sulfide) groups is 1. The van der Waals surface area contributed by atoms with E-state index in [9.17, 15) is 0 Å². The summed E-state index contributed by atoms with van der Waals surface area (Å²) in [5, 5.41) is 9.57. The molecule has 1 heterocycles. The van der Waals surface area contributed by atoms with Gasteiger partial charge in [-0.3, -0.25) is 0 Å². The van der Waals surface area contributed by atoms with Crippen LogP contribution in [0.25, 0.3) is 0 Å². The van der Waals surface area contributed by atoms with Gasteiger partial charge in [-0.1, -0.05) is 30.0 Å². The molecule has 138 valence electrons. The maximum atomic E-state index is 6.19. The van der Waals surface area contributed by atoms with Crippen molar-refractivity contribution < 1.29 is 9.15 Å². The van der Waals surface area contributed by atoms with Gasteiger partial charge < -0.3 is 9.15 Å². The van der Waals surface area contributed by atoms with E-state index in [2.05, 4.69) is 16.3 Å². The number of ether oxygens (including phenoxy) is 1. The molecule has 0 unspecified atom stereocenters. The highest BCUT2D eigenvalue weighted by atomic mass is 32.2. The van der Waals surface area contributed by atoms with Gasteiger partial charge in [0, 0.05) is 16.7 Å². The van der Waals surface area contributed by atoms with Crippen molar-refractivity contribution in [2.75, 3.05) is 6.61 Å². The van der Waals surface area contributed by atoms with Crippen molar-refractivity contribution in [2.24, 2.45) is 17.8 Å². The van der Waals surface area contributed by atoms with Crippen LogP contribution in [0.15, 0.2) is 33.9 Å². The SMILES string of the molecule is CCOc1ccccc1CSc1nnc(C23CC4CC(CC(C4)C2)C3)o1. The van der Waals surface area contributed by atoms with Crippen molar-refractivity contribution in [3.63, 3.8) is 0 Å². The third-order valence-corrected chi connectivity index (χ3v) is 7.39. The average Bonchev–Trinajstić information content (AvgIpc) is 3.10. The molecular formula is C21H26N2O2S. The first-order chi connectivity index (χ1) is 12.7. The van der Waals surface area contributed by atoms with Gasteiger partial charge in [0.2, 0.25) is 5.89 Å². The van der Waals surface area contributed by atoms with Crippen LogP contribution in [-0.4, -0.2) is 16.8 Å². The fourth-order valence-corrected chi connectivity index (χ4v) is 6.67. The molecule has 4 bridgehead atoms. The number of hydrogen-bond donors (Lipinski definition) is 0. The third kappa shape index (κ3) is 2.94. The predicted molar refractivity (Wildman–Crippen MR) is 101 cm³/mol. The minimum Gasteiger partial charge on any atom is -0.494 e. The van der Waals surface area contributed by atoms with Crippen LogP contribution in [0.3, 0.4) is 0 Å². The van der Waals surface area contributed by atoms with Crippen molar-refractivity contribution >= 4 is 11.8 Å². The van der Waals surface area contributed by atoms with E-state index in [1.54, 1.807) is 11.8 Å². The summed E-state index contributed by atoms with van der Waals surface area (Å²) in [6.45, 7) is 2.69. The standard InChI is InChI=1S/C21H26N2O2S/c1-2-24-18-6-4-3-5-17(18)13-26-20-23-22-19(25-20)21-10-14-7-15(11-21)9-16(8-14)12-21/h3-6,14-16H,2,7-13H2,1H3. The molecule has 4 fully saturated rings. The molecule has 0 spiro atoms. The lowest BCUT2D eigenvalue weighted by molar-refractivity contribution is -0.0191. The van der Waals surface area contributed by atoms with Gasteiger partial charge in [-0.2, -0.15) is 0 Å². The number of nitrogens with zero attached hydrogens (tertiary/aromatic N) is 2. The van der Waals surface area contributed by atoms with E-state index in [0.29, 0.717) is 11.8 Å². The highest BCUT2D eigenvalue weighted by Crippen LogP contribution is 2.60. The van der Waals surface area contributed by atoms with E-state index >= 15 is 0 Å². The van der Waals surface area contributed by atoms with Crippen molar-refractivity contribution in [2.45, 2.75) is 61.8 Å². The van der Waals surface area contributed by atoms with Gasteiger partial charge in [0.15, 0.2) is 0 Å². The van der Waals surface area contributed by atoms with Crippen LogP contribution < -0.4 is 4.74 Å². The number of benzene rings is 1. The van der Waals surface area contributed by atoms with Crippen LogP contribution in [-0.2, 0) is 11.2 Å². The van der Waals surface area contributed by atoms with E-state index in [-0.39, 0.29) is 5.41 Å². The number of hydrogen-bond acceptors (Lipinski definition) is 5. The Bertz CT molecular complexity index is 753. The molecule has 4 aliphatic rings. The molecule has 2 aromatic rings. The van der Waals surface area contributed by atoms with Crippen molar-refractivity contribution in [3.8, 4) is 5.75 Å². The van der Waals surface area contributed by atoms with Crippen molar-refractivity contribution in [1.82, 2.24) is 10.2 Å². The lowest BCUT2D eigenvalue weighted by atomic mass is 9.49. The normalized spacial score (nSPS) is 32.1. The molecule has 0 saturated heterocycles. The molecule has 26 heavy (non-hydrogen) atoms. The summed E-state index contributed by atoms with van der Waals surface area (Å²) in [7, 11) is 0. The summed E-state index contributed by atoms with van der Waals surface area (Å²) < 4.78 is 11.9. The zero-order valence-electron chi connectivity index (χ0n) is 15.3. The summed E-state index contributed by atoms with van der Waals surface area (Å²) in [6, 6.07) is 8.19. The molecule has 5 heteroatoms. The van der Waals surface area contributed by atoms with E-state index in [1.165, 1.54) is 44.1 Å². The molecular weight excluding hydrogens is 344 g/mol. The molecule has 0 aliphatic heterocycles. The Morgan fingerprint density at radius 3 is 2.46 bits per heavy atom. The van der Waals surface area contributed by atoms with Crippen molar-refractivity contribution in [1.29, 1.82) is 0 Å². The van der Waals surface area contributed by atoms with Gasteiger partial charge in [0.25, 0.3) is 5.22 Å². The Kier molecular flexibility index (Phi) is 4.23. The molecule has 0 amide bonds. The maximum absolute atomic E-state index is 6.19. The van der Waals surface area contributed by atoms with Crippen LogP contribution in [0.5, 0.6) is 5.75 Å². The first-order valence-electron chi connectivity index (χ1n) is 9.91. The second-order valence-corrected chi connectivity index (χ2v) is 9.33. The molecule has 0 radical (unpaired) electrons. The minimum absolute atomic E-state index is 0.184. The first kappa shape index (κ1) is 16.7. The summed E-state index contributed by atoms with van der Waals surface area (Å²) >= 11 is 1.62. The van der Waals surface area contributed by atoms with Gasteiger partial charge >= 0.3 is 0 Å². The van der Waals surface area contributed by atoms with Crippen LogP contribution in [0.1, 0.15) is 56.9 Å². The number of para-hydroxylation sites is 1. The fraction of sp³-hybridized carbons (Fsp3) is 0.619. The van der Waals surface area contributed by atoms with E-state index in [0.717, 1.165) is 35.1 Å². The summed E-state index contributed by atoms with van der Waals surface area (Å²) in [5.41, 5.74) is 1.36. The van der Waals surface area contributed by atoms with Gasteiger partial charge in [0.1, 0.15) is 5.75 Å². The van der Waals surface area contributed by atoms with Gasteiger partial charge in [-0.25, -0.2) is 0 Å². The predicted octanol–water partition coefficient (Wildman–Crippen LogP) is 5.23. The maximum Gasteiger partial charge on any atom is 0.276 e. The van der Waals surface area contributed by atoms with Crippen LogP contribution in [0.2, 0.25) is 0 Å². The lowest BCUT2D eigenvalue weighted by Gasteiger charge is -2.55.